The van der Waals surface area contributed by atoms with Crippen molar-refractivity contribution < 1.29 is 11.0 Å². The number of rotatable bonds is 8. The van der Waals surface area contributed by atoms with Gasteiger partial charge in [-0.3, -0.25) is 0 Å². The van der Waals surface area contributed by atoms with Crippen molar-refractivity contribution in [3.05, 3.63) is 224 Å². The zero-order valence-corrected chi connectivity index (χ0v) is 28.7. The van der Waals surface area contributed by atoms with Crippen LogP contribution < -0.4 is 4.90 Å². The summed E-state index contributed by atoms with van der Waals surface area (Å²) in [7, 11) is 0. The molecule has 0 aliphatic rings. The molecule has 0 aliphatic heterocycles. The molecule has 0 saturated carbocycles. The van der Waals surface area contributed by atoms with Crippen LogP contribution in [0.4, 0.5) is 17.1 Å². The summed E-state index contributed by atoms with van der Waals surface area (Å²) >= 11 is 0. The Kier molecular flexibility index (Phi) is 6.57. The lowest BCUT2D eigenvalue weighted by Gasteiger charge is -2.26. The molecular formula is C52H37N. The molecule has 0 aliphatic carbocycles. The minimum Gasteiger partial charge on any atom is -0.311 e. The molecule has 0 N–H and O–H groups in total. The van der Waals surface area contributed by atoms with E-state index in [-0.39, 0.29) is 58.8 Å². The highest BCUT2D eigenvalue weighted by Gasteiger charge is 2.14. The number of benzene rings is 9. The third-order valence-electron chi connectivity index (χ3n) is 9.42. The molecule has 0 radical (unpaired) electrons. The van der Waals surface area contributed by atoms with Gasteiger partial charge in [0.15, 0.2) is 0 Å². The smallest absolute Gasteiger partial charge is 0.0645 e. The van der Waals surface area contributed by atoms with E-state index in [0.717, 1.165) is 44.2 Å². The second kappa shape index (κ2) is 14.3. The standard InChI is InChI=1S/C52H37N/c1-3-10-38(11-4-1)41-18-20-42(21-19-41)44-26-32-51(33-27-44)53(50-30-24-43(25-31-50)39-12-5-2-6-13-39)52-34-28-45(29-35-52)47-16-9-17-48(36-47)49-23-22-40-14-7-8-15-46(40)37-49/h1-37H/i26D,27D,28D,29D,32D,33D,34D,35D. The number of fused-ring (bicyclic) bond motifs is 1. The van der Waals surface area contributed by atoms with Crippen molar-refractivity contribution in [1.29, 1.82) is 0 Å². The summed E-state index contributed by atoms with van der Waals surface area (Å²) in [5.41, 5.74) is 6.72. The Morgan fingerprint density at radius 1 is 0.245 bits per heavy atom. The molecule has 53 heavy (non-hydrogen) atoms. The van der Waals surface area contributed by atoms with Gasteiger partial charge < -0.3 is 4.90 Å². The molecule has 0 spiro atoms. The van der Waals surface area contributed by atoms with Crippen LogP contribution in [-0.4, -0.2) is 0 Å². The van der Waals surface area contributed by atoms with E-state index in [1.165, 1.54) is 4.90 Å². The third kappa shape index (κ3) is 6.77. The molecule has 0 aromatic heterocycles. The van der Waals surface area contributed by atoms with Crippen LogP contribution in [0.2, 0.25) is 0 Å². The van der Waals surface area contributed by atoms with Crippen LogP contribution in [0.3, 0.4) is 0 Å². The van der Waals surface area contributed by atoms with Gasteiger partial charge in [-0.1, -0.05) is 176 Å². The van der Waals surface area contributed by atoms with Crippen LogP contribution >= 0.6 is 0 Å². The predicted octanol–water partition coefficient (Wildman–Crippen LogP) is 14.6. The second-order valence-corrected chi connectivity index (χ2v) is 12.8. The SMILES string of the molecule is [2H]c1c([2H])c(N(c2ccc(-c3ccccc3)cc2)c2c([2H])c([2H])c(-c3cccc(-c4ccc5ccccc5c4)c3)c([2H])c2[2H])c([2H])c([2H])c1-c1ccc(-c2ccccc2)cc1. The van der Waals surface area contributed by atoms with Crippen molar-refractivity contribution in [2.45, 2.75) is 0 Å². The van der Waals surface area contributed by atoms with Crippen molar-refractivity contribution >= 4 is 27.8 Å². The molecule has 0 bridgehead atoms. The van der Waals surface area contributed by atoms with Crippen LogP contribution in [0.15, 0.2) is 224 Å². The highest BCUT2D eigenvalue weighted by Crippen LogP contribution is 2.38. The summed E-state index contributed by atoms with van der Waals surface area (Å²) in [6.45, 7) is 0. The summed E-state index contributed by atoms with van der Waals surface area (Å²) in [6.07, 6.45) is 0. The first-order valence-electron chi connectivity index (χ1n) is 21.5. The fourth-order valence-electron chi connectivity index (χ4n) is 6.61. The van der Waals surface area contributed by atoms with Gasteiger partial charge in [0, 0.05) is 17.1 Å². The molecule has 9 aromatic rings. The number of nitrogens with zero attached hydrogens (tertiary/aromatic N) is 1. The maximum atomic E-state index is 9.50. The van der Waals surface area contributed by atoms with Gasteiger partial charge in [0.05, 0.1) is 11.0 Å². The first-order valence-corrected chi connectivity index (χ1v) is 17.5. The summed E-state index contributed by atoms with van der Waals surface area (Å²) in [4.78, 5) is 1.34. The minimum absolute atomic E-state index is 0.106. The molecule has 9 rings (SSSR count). The number of anilines is 3. The van der Waals surface area contributed by atoms with Crippen molar-refractivity contribution in [2.24, 2.45) is 0 Å². The Hall–Kier alpha value is -6.96. The van der Waals surface area contributed by atoms with E-state index < -0.39 is 12.1 Å². The summed E-state index contributed by atoms with van der Waals surface area (Å²) < 4.78 is 75.2. The largest absolute Gasteiger partial charge is 0.311 e. The normalized spacial score (nSPS) is 13.1. The Balaban J connectivity index is 1.20. The predicted molar refractivity (Wildman–Crippen MR) is 226 cm³/mol. The van der Waals surface area contributed by atoms with Gasteiger partial charge >= 0.3 is 0 Å². The molecule has 0 fully saturated rings. The van der Waals surface area contributed by atoms with Crippen LogP contribution in [0, 0.1) is 0 Å². The molecule has 0 saturated heterocycles. The zero-order valence-electron chi connectivity index (χ0n) is 36.7. The van der Waals surface area contributed by atoms with E-state index in [9.17, 15) is 11.0 Å². The molecule has 9 aromatic carbocycles. The minimum atomic E-state index is -0.392. The van der Waals surface area contributed by atoms with Crippen molar-refractivity contribution in [2.75, 3.05) is 4.90 Å². The van der Waals surface area contributed by atoms with E-state index in [2.05, 4.69) is 6.07 Å². The monoisotopic (exact) mass is 683 g/mol. The molecule has 0 amide bonds. The van der Waals surface area contributed by atoms with Gasteiger partial charge in [-0.2, -0.15) is 0 Å². The van der Waals surface area contributed by atoms with Gasteiger partial charge in [-0.25, -0.2) is 0 Å². The fourth-order valence-corrected chi connectivity index (χ4v) is 6.61. The van der Waals surface area contributed by atoms with Gasteiger partial charge in [0.1, 0.15) is 0 Å². The summed E-state index contributed by atoms with van der Waals surface area (Å²) in [6, 6.07) is 52.9. The van der Waals surface area contributed by atoms with Crippen molar-refractivity contribution in [3.63, 3.8) is 0 Å². The lowest BCUT2D eigenvalue weighted by Crippen LogP contribution is -2.09. The maximum absolute atomic E-state index is 9.50. The molecule has 1 heteroatoms. The van der Waals surface area contributed by atoms with Crippen LogP contribution in [0.5, 0.6) is 0 Å². The summed E-state index contributed by atoms with van der Waals surface area (Å²) in [5.74, 6) is 0. The fraction of sp³-hybridized carbons (Fsp3) is 0. The lowest BCUT2D eigenvalue weighted by atomic mass is 9.97. The summed E-state index contributed by atoms with van der Waals surface area (Å²) in [5, 5.41) is 2.17. The molecule has 0 unspecified atom stereocenters. The van der Waals surface area contributed by atoms with E-state index >= 15 is 0 Å². The highest BCUT2D eigenvalue weighted by atomic mass is 15.1. The Morgan fingerprint density at radius 3 is 1.19 bits per heavy atom. The first-order chi connectivity index (χ1) is 29.6. The van der Waals surface area contributed by atoms with Crippen LogP contribution in [-0.2, 0) is 0 Å². The van der Waals surface area contributed by atoms with Gasteiger partial charge in [-0.15, -0.1) is 0 Å². The molecule has 1 nitrogen and oxygen atoms in total. The Bertz CT molecular complexity index is 3040. The Labute approximate surface area is 323 Å². The third-order valence-corrected chi connectivity index (χ3v) is 9.42. The van der Waals surface area contributed by atoms with Gasteiger partial charge in [-0.05, 0) is 115 Å². The lowest BCUT2D eigenvalue weighted by molar-refractivity contribution is 1.28. The van der Waals surface area contributed by atoms with Crippen LogP contribution in [0.25, 0.3) is 66.4 Å². The second-order valence-electron chi connectivity index (χ2n) is 12.8. The maximum Gasteiger partial charge on any atom is 0.0645 e. The first kappa shape index (κ1) is 24.3. The molecular weight excluding hydrogens is 639 g/mol. The van der Waals surface area contributed by atoms with E-state index in [0.29, 0.717) is 16.8 Å². The molecule has 0 atom stereocenters. The van der Waals surface area contributed by atoms with E-state index in [1.807, 2.05) is 140 Å². The zero-order chi connectivity index (χ0) is 42.4. The van der Waals surface area contributed by atoms with Crippen LogP contribution in [0.1, 0.15) is 11.0 Å². The average molecular weight is 684 g/mol. The van der Waals surface area contributed by atoms with Crippen molar-refractivity contribution in [3.8, 4) is 55.6 Å². The number of hydrogen-bond donors (Lipinski definition) is 0. The molecule has 0 heterocycles. The average Bonchev–Trinajstić information content (AvgIpc) is 3.31. The quantitative estimate of drug-likeness (QED) is 0.154. The number of hydrogen-bond acceptors (Lipinski definition) is 1. The van der Waals surface area contributed by atoms with Gasteiger partial charge in [0.2, 0.25) is 0 Å². The van der Waals surface area contributed by atoms with Gasteiger partial charge in [0.25, 0.3) is 0 Å². The van der Waals surface area contributed by atoms with E-state index in [4.69, 9.17) is 0 Å². The van der Waals surface area contributed by atoms with Crippen molar-refractivity contribution in [1.82, 2.24) is 0 Å². The topological polar surface area (TPSA) is 3.24 Å². The van der Waals surface area contributed by atoms with E-state index in [1.54, 1.807) is 30.3 Å². The highest BCUT2D eigenvalue weighted by molar-refractivity contribution is 5.88. The molecule has 250 valence electrons. The Morgan fingerprint density at radius 2 is 0.623 bits per heavy atom.